The molecule has 0 radical (unpaired) electrons. The van der Waals surface area contributed by atoms with Gasteiger partial charge in [-0.15, -0.1) is 11.3 Å². The molecule has 1 aromatic heterocycles. The molecule has 0 aromatic carbocycles. The number of nitrogens with two attached hydrogens (primary N) is 1. The molecule has 0 saturated carbocycles. The highest BCUT2D eigenvalue weighted by Gasteiger charge is 2.21. The topological polar surface area (TPSA) is 46.3 Å². The first-order valence-electron chi connectivity index (χ1n) is 5.79. The van der Waals surface area contributed by atoms with E-state index in [0.29, 0.717) is 6.54 Å². The first-order chi connectivity index (χ1) is 7.69. The van der Waals surface area contributed by atoms with Crippen LogP contribution in [0, 0.1) is 0 Å². The van der Waals surface area contributed by atoms with E-state index >= 15 is 0 Å². The van der Waals surface area contributed by atoms with Crippen LogP contribution in [0.5, 0.6) is 0 Å². The van der Waals surface area contributed by atoms with Gasteiger partial charge < -0.3 is 5.73 Å². The fraction of sp³-hybridized carbons (Fsp3) is 0.583. The third-order valence-electron chi connectivity index (χ3n) is 2.96. The second kappa shape index (κ2) is 5.08. The molecule has 16 heavy (non-hydrogen) atoms. The molecule has 1 saturated heterocycles. The first kappa shape index (κ1) is 11.8. The molecule has 0 spiro atoms. The van der Waals surface area contributed by atoms with Gasteiger partial charge in [-0.3, -0.25) is 9.69 Å². The maximum absolute atomic E-state index is 12.0. The SMILES string of the molecule is CCc1ccc(C(=O)CN2CCC(N)C2)s1. The number of thiophene rings is 1. The highest BCUT2D eigenvalue weighted by Crippen LogP contribution is 2.18. The summed E-state index contributed by atoms with van der Waals surface area (Å²) in [7, 11) is 0. The van der Waals surface area contributed by atoms with Crippen LogP contribution in [-0.4, -0.2) is 36.4 Å². The van der Waals surface area contributed by atoms with Gasteiger partial charge in [0.1, 0.15) is 0 Å². The number of hydrogen-bond acceptors (Lipinski definition) is 4. The van der Waals surface area contributed by atoms with E-state index in [2.05, 4.69) is 11.8 Å². The summed E-state index contributed by atoms with van der Waals surface area (Å²) < 4.78 is 0. The summed E-state index contributed by atoms with van der Waals surface area (Å²) in [5, 5.41) is 0. The predicted molar refractivity (Wildman–Crippen MR) is 67.1 cm³/mol. The Kier molecular flexibility index (Phi) is 3.74. The summed E-state index contributed by atoms with van der Waals surface area (Å²) in [4.78, 5) is 16.3. The van der Waals surface area contributed by atoms with Gasteiger partial charge in [-0.25, -0.2) is 0 Å². The van der Waals surface area contributed by atoms with Crippen LogP contribution < -0.4 is 5.73 Å². The van der Waals surface area contributed by atoms with Gasteiger partial charge in [0.25, 0.3) is 0 Å². The molecular formula is C12H18N2OS. The van der Waals surface area contributed by atoms with Crippen molar-refractivity contribution in [2.75, 3.05) is 19.6 Å². The van der Waals surface area contributed by atoms with Crippen LogP contribution >= 0.6 is 11.3 Å². The zero-order valence-corrected chi connectivity index (χ0v) is 10.4. The molecule has 88 valence electrons. The molecule has 1 aliphatic heterocycles. The number of nitrogens with zero attached hydrogens (tertiary/aromatic N) is 1. The Bertz CT molecular complexity index is 375. The Hall–Kier alpha value is -0.710. The minimum atomic E-state index is 0.235. The number of hydrogen-bond donors (Lipinski definition) is 1. The number of ketones is 1. The molecule has 3 nitrogen and oxygen atoms in total. The van der Waals surface area contributed by atoms with Gasteiger partial charge in [0.2, 0.25) is 0 Å². The monoisotopic (exact) mass is 238 g/mol. The standard InChI is InChI=1S/C12H18N2OS/c1-2-10-3-4-12(16-10)11(15)8-14-6-5-9(13)7-14/h3-4,9H,2,5-8,13H2,1H3. The summed E-state index contributed by atoms with van der Waals surface area (Å²) in [5.74, 6) is 0.235. The van der Waals surface area contributed by atoms with E-state index in [4.69, 9.17) is 5.73 Å². The lowest BCUT2D eigenvalue weighted by atomic mass is 10.3. The van der Waals surface area contributed by atoms with Gasteiger partial charge >= 0.3 is 0 Å². The van der Waals surface area contributed by atoms with Crippen LogP contribution in [0.2, 0.25) is 0 Å². The summed E-state index contributed by atoms with van der Waals surface area (Å²) in [5.41, 5.74) is 5.81. The van der Waals surface area contributed by atoms with Crippen LogP contribution in [-0.2, 0) is 6.42 Å². The number of Topliss-reactive ketones (excluding diaryl/α,β-unsaturated/α-hetero) is 1. The molecule has 0 amide bonds. The largest absolute Gasteiger partial charge is 0.326 e. The lowest BCUT2D eigenvalue weighted by Crippen LogP contribution is -2.30. The molecule has 1 atom stereocenters. The van der Waals surface area contributed by atoms with Crippen molar-refractivity contribution in [1.29, 1.82) is 0 Å². The Labute approximate surface area is 100 Å². The maximum Gasteiger partial charge on any atom is 0.186 e. The Morgan fingerprint density at radius 2 is 2.44 bits per heavy atom. The molecule has 4 heteroatoms. The van der Waals surface area contributed by atoms with E-state index in [0.717, 1.165) is 30.8 Å². The molecule has 1 aromatic rings. The molecule has 1 fully saturated rings. The second-order valence-corrected chi connectivity index (χ2v) is 5.49. The van der Waals surface area contributed by atoms with Gasteiger partial charge in [-0.1, -0.05) is 6.92 Å². The first-order valence-corrected chi connectivity index (χ1v) is 6.60. The van der Waals surface area contributed by atoms with Gasteiger partial charge in [-0.2, -0.15) is 0 Å². The summed E-state index contributed by atoms with van der Waals surface area (Å²) in [6.45, 7) is 4.45. The number of aryl methyl sites for hydroxylation is 1. The highest BCUT2D eigenvalue weighted by molar-refractivity contribution is 7.14. The van der Waals surface area contributed by atoms with Crippen molar-refractivity contribution >= 4 is 17.1 Å². The number of likely N-dealkylation sites (tertiary alicyclic amines) is 1. The van der Waals surface area contributed by atoms with Crippen LogP contribution in [0.4, 0.5) is 0 Å². The Morgan fingerprint density at radius 3 is 3.00 bits per heavy atom. The molecule has 2 heterocycles. The molecule has 2 N–H and O–H groups in total. The lowest BCUT2D eigenvalue weighted by Gasteiger charge is -2.12. The molecule has 0 aliphatic carbocycles. The number of carbonyl (C=O) groups excluding carboxylic acids is 1. The molecule has 1 unspecified atom stereocenters. The van der Waals surface area contributed by atoms with Crippen molar-refractivity contribution in [3.63, 3.8) is 0 Å². The van der Waals surface area contributed by atoms with Crippen molar-refractivity contribution in [3.05, 3.63) is 21.9 Å². The smallest absolute Gasteiger partial charge is 0.186 e. The second-order valence-electron chi connectivity index (χ2n) is 4.33. The normalized spacial score (nSPS) is 21.5. The molecule has 1 aliphatic rings. The van der Waals surface area contributed by atoms with Crippen LogP contribution in [0.1, 0.15) is 27.9 Å². The quantitative estimate of drug-likeness (QED) is 0.809. The zero-order valence-electron chi connectivity index (χ0n) is 9.61. The molecule has 2 rings (SSSR count). The van der Waals surface area contributed by atoms with Crippen LogP contribution in [0.15, 0.2) is 12.1 Å². The number of rotatable bonds is 4. The molecular weight excluding hydrogens is 220 g/mol. The van der Waals surface area contributed by atoms with Crippen LogP contribution in [0.3, 0.4) is 0 Å². The van der Waals surface area contributed by atoms with Crippen molar-refractivity contribution < 1.29 is 4.79 Å². The van der Waals surface area contributed by atoms with Gasteiger partial charge in [0.05, 0.1) is 11.4 Å². The predicted octanol–water partition coefficient (Wildman–Crippen LogP) is 1.53. The van der Waals surface area contributed by atoms with E-state index in [1.165, 1.54) is 4.88 Å². The third-order valence-corrected chi connectivity index (χ3v) is 4.23. The Morgan fingerprint density at radius 1 is 1.62 bits per heavy atom. The van der Waals surface area contributed by atoms with Crippen molar-refractivity contribution in [1.82, 2.24) is 4.90 Å². The van der Waals surface area contributed by atoms with E-state index in [1.807, 2.05) is 12.1 Å². The number of carbonyl (C=O) groups is 1. The van der Waals surface area contributed by atoms with E-state index in [1.54, 1.807) is 11.3 Å². The van der Waals surface area contributed by atoms with Crippen LogP contribution in [0.25, 0.3) is 0 Å². The average Bonchev–Trinajstić information content (AvgIpc) is 2.87. The van der Waals surface area contributed by atoms with Crippen molar-refractivity contribution in [2.45, 2.75) is 25.8 Å². The van der Waals surface area contributed by atoms with Gasteiger partial charge in [0.15, 0.2) is 5.78 Å². The minimum absolute atomic E-state index is 0.235. The summed E-state index contributed by atoms with van der Waals surface area (Å²) in [6, 6.07) is 4.25. The van der Waals surface area contributed by atoms with E-state index in [-0.39, 0.29) is 11.8 Å². The maximum atomic E-state index is 12.0. The summed E-state index contributed by atoms with van der Waals surface area (Å²) >= 11 is 1.62. The zero-order chi connectivity index (χ0) is 11.5. The van der Waals surface area contributed by atoms with Crippen molar-refractivity contribution in [2.24, 2.45) is 5.73 Å². The van der Waals surface area contributed by atoms with E-state index < -0.39 is 0 Å². The Balaban J connectivity index is 1.92. The minimum Gasteiger partial charge on any atom is -0.326 e. The lowest BCUT2D eigenvalue weighted by molar-refractivity contribution is 0.0949. The van der Waals surface area contributed by atoms with Gasteiger partial charge in [-0.05, 0) is 25.0 Å². The van der Waals surface area contributed by atoms with E-state index in [9.17, 15) is 4.79 Å². The highest BCUT2D eigenvalue weighted by atomic mass is 32.1. The fourth-order valence-electron chi connectivity index (χ4n) is 2.01. The van der Waals surface area contributed by atoms with Crippen molar-refractivity contribution in [3.8, 4) is 0 Å². The fourth-order valence-corrected chi connectivity index (χ4v) is 2.88. The average molecular weight is 238 g/mol. The summed E-state index contributed by atoms with van der Waals surface area (Å²) in [6.07, 6.45) is 2.02. The third kappa shape index (κ3) is 2.70. The molecule has 0 bridgehead atoms. The van der Waals surface area contributed by atoms with Gasteiger partial charge in [0, 0.05) is 24.0 Å².